The van der Waals surface area contributed by atoms with Crippen molar-refractivity contribution in [2.24, 2.45) is 7.05 Å². The number of thiazole rings is 1. The van der Waals surface area contributed by atoms with E-state index in [2.05, 4.69) is 15.7 Å². The van der Waals surface area contributed by atoms with E-state index < -0.39 is 0 Å². The molecule has 2 aliphatic carbocycles. The second-order valence-corrected chi connectivity index (χ2v) is 7.46. The molecular weight excluding hydrogens is 294 g/mol. The van der Waals surface area contributed by atoms with Gasteiger partial charge >= 0.3 is 0 Å². The van der Waals surface area contributed by atoms with E-state index in [-0.39, 0.29) is 5.56 Å². The molecule has 0 radical (unpaired) electrons. The third-order valence-corrected chi connectivity index (χ3v) is 5.77. The molecule has 0 amide bonds. The molecule has 2 aliphatic rings. The molecule has 2 heterocycles. The summed E-state index contributed by atoms with van der Waals surface area (Å²) in [6, 6.07) is 8.08. The minimum Gasteiger partial charge on any atom is -0.282 e. The standard InChI is InChI=1S/C17H17N3OS/c1-19-15(11-8-9-11)14(10-6-7-10)16(21)20(19)17-18-12-4-2-3-5-13(12)22-17/h2-5,10-11H,6-9H2,1H3. The van der Waals surface area contributed by atoms with Gasteiger partial charge in [-0.15, -0.1) is 0 Å². The van der Waals surface area contributed by atoms with Gasteiger partial charge in [0.25, 0.3) is 5.56 Å². The van der Waals surface area contributed by atoms with Crippen molar-refractivity contribution in [1.29, 1.82) is 0 Å². The molecule has 22 heavy (non-hydrogen) atoms. The molecule has 1 aromatic carbocycles. The third-order valence-electron chi connectivity index (χ3n) is 4.76. The van der Waals surface area contributed by atoms with Crippen molar-refractivity contribution in [3.05, 3.63) is 45.9 Å². The molecule has 3 aromatic rings. The maximum atomic E-state index is 13.0. The lowest BCUT2D eigenvalue weighted by molar-refractivity contribution is 0.614. The van der Waals surface area contributed by atoms with Crippen molar-refractivity contribution in [3.8, 4) is 5.13 Å². The molecule has 0 atom stereocenters. The van der Waals surface area contributed by atoms with Gasteiger partial charge in [-0.2, -0.15) is 4.68 Å². The molecule has 0 bridgehead atoms. The quantitative estimate of drug-likeness (QED) is 0.742. The van der Waals surface area contributed by atoms with Gasteiger partial charge in [-0.05, 0) is 43.7 Å². The Morgan fingerprint density at radius 2 is 1.86 bits per heavy atom. The number of hydrogen-bond donors (Lipinski definition) is 0. The largest absolute Gasteiger partial charge is 0.282 e. The summed E-state index contributed by atoms with van der Waals surface area (Å²) in [7, 11) is 2.02. The van der Waals surface area contributed by atoms with Gasteiger partial charge < -0.3 is 0 Å². The van der Waals surface area contributed by atoms with E-state index in [1.165, 1.54) is 31.4 Å². The van der Waals surface area contributed by atoms with Crippen LogP contribution in [0.3, 0.4) is 0 Å². The lowest BCUT2D eigenvalue weighted by Gasteiger charge is -2.06. The normalized spacial score (nSPS) is 18.2. The minimum absolute atomic E-state index is 0.158. The highest BCUT2D eigenvalue weighted by Crippen LogP contribution is 2.48. The van der Waals surface area contributed by atoms with E-state index in [1.54, 1.807) is 16.0 Å². The van der Waals surface area contributed by atoms with Crippen molar-refractivity contribution in [3.63, 3.8) is 0 Å². The first-order chi connectivity index (χ1) is 10.7. The maximum Gasteiger partial charge on any atom is 0.277 e. The molecule has 0 unspecified atom stereocenters. The molecule has 2 fully saturated rings. The molecule has 4 nitrogen and oxygen atoms in total. The number of para-hydroxylation sites is 1. The molecule has 112 valence electrons. The Kier molecular flexibility index (Phi) is 2.48. The van der Waals surface area contributed by atoms with E-state index in [1.807, 2.05) is 25.2 Å². The van der Waals surface area contributed by atoms with Crippen LogP contribution >= 0.6 is 11.3 Å². The van der Waals surface area contributed by atoms with E-state index in [0.717, 1.165) is 20.9 Å². The number of rotatable bonds is 3. The zero-order valence-electron chi connectivity index (χ0n) is 12.5. The highest BCUT2D eigenvalue weighted by molar-refractivity contribution is 7.20. The van der Waals surface area contributed by atoms with Gasteiger partial charge in [0.1, 0.15) is 0 Å². The number of benzene rings is 1. The Morgan fingerprint density at radius 3 is 2.55 bits per heavy atom. The first-order valence-corrected chi connectivity index (χ1v) is 8.73. The summed E-state index contributed by atoms with van der Waals surface area (Å²) >= 11 is 1.60. The van der Waals surface area contributed by atoms with E-state index >= 15 is 0 Å². The Morgan fingerprint density at radius 1 is 1.14 bits per heavy atom. The van der Waals surface area contributed by atoms with Crippen LogP contribution in [0, 0.1) is 0 Å². The number of nitrogens with zero attached hydrogens (tertiary/aromatic N) is 3. The predicted molar refractivity (Wildman–Crippen MR) is 88.1 cm³/mol. The highest BCUT2D eigenvalue weighted by Gasteiger charge is 2.39. The van der Waals surface area contributed by atoms with Crippen LogP contribution in [0.25, 0.3) is 15.3 Å². The first kappa shape index (κ1) is 12.6. The van der Waals surface area contributed by atoms with E-state index in [9.17, 15) is 4.79 Å². The van der Waals surface area contributed by atoms with Crippen molar-refractivity contribution in [2.45, 2.75) is 37.5 Å². The summed E-state index contributed by atoms with van der Waals surface area (Å²) in [4.78, 5) is 17.7. The zero-order chi connectivity index (χ0) is 14.8. The lowest BCUT2D eigenvalue weighted by Crippen LogP contribution is -2.20. The molecule has 2 saturated carbocycles. The van der Waals surface area contributed by atoms with Gasteiger partial charge in [-0.3, -0.25) is 9.48 Å². The number of hydrogen-bond acceptors (Lipinski definition) is 3. The van der Waals surface area contributed by atoms with Crippen LogP contribution in [-0.2, 0) is 7.05 Å². The Balaban J connectivity index is 1.77. The van der Waals surface area contributed by atoms with Crippen LogP contribution in [0.5, 0.6) is 0 Å². The fourth-order valence-electron chi connectivity index (χ4n) is 3.40. The van der Waals surface area contributed by atoms with Crippen LogP contribution in [0.15, 0.2) is 29.1 Å². The fourth-order valence-corrected chi connectivity index (χ4v) is 4.40. The van der Waals surface area contributed by atoms with Crippen LogP contribution in [0.4, 0.5) is 0 Å². The van der Waals surface area contributed by atoms with Gasteiger partial charge in [0.15, 0.2) is 0 Å². The number of fused-ring (bicyclic) bond motifs is 1. The van der Waals surface area contributed by atoms with E-state index in [4.69, 9.17) is 0 Å². The first-order valence-electron chi connectivity index (χ1n) is 7.92. The van der Waals surface area contributed by atoms with Crippen molar-refractivity contribution in [1.82, 2.24) is 14.3 Å². The molecule has 5 heteroatoms. The third kappa shape index (κ3) is 1.75. The van der Waals surface area contributed by atoms with Gasteiger partial charge in [0, 0.05) is 24.2 Å². The highest BCUT2D eigenvalue weighted by atomic mass is 32.1. The Hall–Kier alpha value is -1.88. The summed E-state index contributed by atoms with van der Waals surface area (Å²) in [5, 5.41) is 0.794. The molecule has 0 spiro atoms. The Labute approximate surface area is 132 Å². The number of aromatic nitrogens is 3. The van der Waals surface area contributed by atoms with E-state index in [0.29, 0.717) is 11.8 Å². The SMILES string of the molecule is Cn1c(C2CC2)c(C2CC2)c(=O)n1-c1nc2ccccc2s1. The van der Waals surface area contributed by atoms with Crippen LogP contribution in [0.2, 0.25) is 0 Å². The summed E-state index contributed by atoms with van der Waals surface area (Å²) in [6.45, 7) is 0. The summed E-state index contributed by atoms with van der Waals surface area (Å²) < 4.78 is 5.00. The molecule has 0 saturated heterocycles. The smallest absolute Gasteiger partial charge is 0.277 e. The second-order valence-electron chi connectivity index (χ2n) is 6.45. The summed E-state index contributed by atoms with van der Waals surface area (Å²) in [5.74, 6) is 1.08. The molecule has 0 N–H and O–H groups in total. The van der Waals surface area contributed by atoms with Crippen molar-refractivity contribution < 1.29 is 0 Å². The monoisotopic (exact) mass is 311 g/mol. The van der Waals surface area contributed by atoms with Crippen LogP contribution in [0.1, 0.15) is 48.8 Å². The summed E-state index contributed by atoms with van der Waals surface area (Å²) in [5.41, 5.74) is 3.47. The Bertz CT molecular complexity index is 908. The molecule has 5 rings (SSSR count). The van der Waals surface area contributed by atoms with Crippen molar-refractivity contribution in [2.75, 3.05) is 0 Å². The van der Waals surface area contributed by atoms with Gasteiger partial charge in [-0.25, -0.2) is 4.98 Å². The maximum absolute atomic E-state index is 13.0. The average molecular weight is 311 g/mol. The topological polar surface area (TPSA) is 39.8 Å². The van der Waals surface area contributed by atoms with Crippen LogP contribution < -0.4 is 5.56 Å². The summed E-state index contributed by atoms with van der Waals surface area (Å²) in [6.07, 6.45) is 4.77. The zero-order valence-corrected chi connectivity index (χ0v) is 13.3. The lowest BCUT2D eigenvalue weighted by atomic mass is 10.1. The average Bonchev–Trinajstić information content (AvgIpc) is 3.41. The van der Waals surface area contributed by atoms with Crippen LogP contribution in [-0.4, -0.2) is 14.3 Å². The predicted octanol–water partition coefficient (Wildman–Crippen LogP) is 3.54. The van der Waals surface area contributed by atoms with Gasteiger partial charge in [-0.1, -0.05) is 23.5 Å². The van der Waals surface area contributed by atoms with Gasteiger partial charge in [0.2, 0.25) is 5.13 Å². The fraction of sp³-hybridized carbons (Fsp3) is 0.412. The molecule has 2 aromatic heterocycles. The molecular formula is C17H17N3OS. The molecule has 0 aliphatic heterocycles. The van der Waals surface area contributed by atoms with Crippen molar-refractivity contribution >= 4 is 21.6 Å². The van der Waals surface area contributed by atoms with Gasteiger partial charge in [0.05, 0.1) is 10.2 Å². The second kappa shape index (κ2) is 4.32. The minimum atomic E-state index is 0.158.